The summed E-state index contributed by atoms with van der Waals surface area (Å²) in [7, 11) is 1.52. The molecule has 204 valence electrons. The predicted octanol–water partition coefficient (Wildman–Crippen LogP) is -1.56. The number of rotatable bonds is 17. The Bertz CT molecular complexity index is 968. The lowest BCUT2D eigenvalue weighted by molar-refractivity contribution is -0.141. The van der Waals surface area contributed by atoms with Crippen LogP contribution in [-0.4, -0.2) is 66.4 Å². The maximum atomic E-state index is 13.1. The second-order valence-corrected chi connectivity index (χ2v) is 9.29. The molecule has 37 heavy (non-hydrogen) atoms. The van der Waals surface area contributed by atoms with E-state index in [9.17, 15) is 28.8 Å². The maximum absolute atomic E-state index is 13.1. The highest BCUT2D eigenvalue weighted by Crippen LogP contribution is 2.09. The summed E-state index contributed by atoms with van der Waals surface area (Å²) in [6.45, 7) is 3.75. The molecule has 4 atom stereocenters. The molecule has 0 saturated heterocycles. The Balaban J connectivity index is 3.04. The van der Waals surface area contributed by atoms with E-state index in [0.717, 1.165) is 5.56 Å². The van der Waals surface area contributed by atoms with E-state index < -0.39 is 65.8 Å². The van der Waals surface area contributed by atoms with Crippen LogP contribution in [0.15, 0.2) is 30.3 Å². The standard InChI is InChI=1S/C25H38N6O6/c1-14(2)11-18(29-3)22(34)23(35)19(13-21(28)33)31-25(37)17(9-10-20(27)32)30-24(36)16(26)12-15-7-5-4-6-8-15/h4-8,14,16-19,29H,9-13,26H2,1-3H3,(H2,27,32)(H2,28,33)(H,30,36)(H,31,37)/t16-,17-,18-,19-/m0/s1. The van der Waals surface area contributed by atoms with Crippen molar-refractivity contribution in [2.24, 2.45) is 23.1 Å². The highest BCUT2D eigenvalue weighted by molar-refractivity contribution is 6.41. The molecule has 12 heteroatoms. The van der Waals surface area contributed by atoms with Crippen LogP contribution in [0.2, 0.25) is 0 Å². The van der Waals surface area contributed by atoms with Crippen LogP contribution in [-0.2, 0) is 35.2 Å². The van der Waals surface area contributed by atoms with Crippen molar-refractivity contribution in [3.05, 3.63) is 35.9 Å². The van der Waals surface area contributed by atoms with Crippen LogP contribution in [0.5, 0.6) is 0 Å². The number of hydrogen-bond acceptors (Lipinski definition) is 8. The molecule has 0 unspecified atom stereocenters. The molecule has 0 aliphatic heterocycles. The molecule has 12 nitrogen and oxygen atoms in total. The fourth-order valence-corrected chi connectivity index (χ4v) is 3.65. The number of hydrogen-bond donors (Lipinski definition) is 6. The smallest absolute Gasteiger partial charge is 0.243 e. The van der Waals surface area contributed by atoms with Gasteiger partial charge in [0.1, 0.15) is 12.1 Å². The molecule has 0 bridgehead atoms. The van der Waals surface area contributed by atoms with E-state index in [-0.39, 0.29) is 25.2 Å². The first kappa shape index (κ1) is 31.4. The van der Waals surface area contributed by atoms with Gasteiger partial charge < -0.3 is 33.2 Å². The van der Waals surface area contributed by atoms with Gasteiger partial charge in [0, 0.05) is 6.42 Å². The molecule has 0 aromatic heterocycles. The Kier molecular flexibility index (Phi) is 13.1. The molecule has 1 aromatic rings. The van der Waals surface area contributed by atoms with E-state index in [1.165, 1.54) is 7.05 Å². The molecule has 0 aliphatic carbocycles. The molecular weight excluding hydrogens is 480 g/mol. The second kappa shape index (κ2) is 15.5. The van der Waals surface area contributed by atoms with E-state index in [1.807, 2.05) is 19.9 Å². The lowest BCUT2D eigenvalue weighted by atomic mass is 9.94. The van der Waals surface area contributed by atoms with Crippen molar-refractivity contribution in [1.29, 1.82) is 0 Å². The van der Waals surface area contributed by atoms with E-state index in [2.05, 4.69) is 16.0 Å². The van der Waals surface area contributed by atoms with Crippen molar-refractivity contribution in [3.63, 3.8) is 0 Å². The van der Waals surface area contributed by atoms with Crippen molar-refractivity contribution >= 4 is 35.2 Å². The van der Waals surface area contributed by atoms with Crippen molar-refractivity contribution in [1.82, 2.24) is 16.0 Å². The van der Waals surface area contributed by atoms with Crippen LogP contribution in [0.1, 0.15) is 45.1 Å². The van der Waals surface area contributed by atoms with Gasteiger partial charge in [-0.1, -0.05) is 44.2 Å². The molecule has 0 fully saturated rings. The fraction of sp³-hybridized carbons (Fsp3) is 0.520. The van der Waals surface area contributed by atoms with E-state index in [4.69, 9.17) is 17.2 Å². The third-order valence-electron chi connectivity index (χ3n) is 5.60. The molecule has 0 heterocycles. The Morgan fingerprint density at radius 2 is 1.38 bits per heavy atom. The second-order valence-electron chi connectivity index (χ2n) is 9.29. The summed E-state index contributed by atoms with van der Waals surface area (Å²) in [6, 6.07) is 4.29. The molecular formula is C25H38N6O6. The number of primary amides is 2. The van der Waals surface area contributed by atoms with Crippen LogP contribution in [0.4, 0.5) is 0 Å². The van der Waals surface area contributed by atoms with E-state index in [0.29, 0.717) is 6.42 Å². The van der Waals surface area contributed by atoms with Gasteiger partial charge in [-0.2, -0.15) is 0 Å². The summed E-state index contributed by atoms with van der Waals surface area (Å²) in [4.78, 5) is 74.4. The van der Waals surface area contributed by atoms with Gasteiger partial charge in [0.2, 0.25) is 35.2 Å². The van der Waals surface area contributed by atoms with Gasteiger partial charge in [-0.3, -0.25) is 28.8 Å². The van der Waals surface area contributed by atoms with Crippen LogP contribution in [0.25, 0.3) is 0 Å². The minimum atomic E-state index is -1.55. The number of amides is 4. The average Bonchev–Trinajstić information content (AvgIpc) is 2.83. The predicted molar refractivity (Wildman–Crippen MR) is 137 cm³/mol. The summed E-state index contributed by atoms with van der Waals surface area (Å²) in [5, 5.41) is 7.57. The summed E-state index contributed by atoms with van der Waals surface area (Å²) in [6.07, 6.45) is -0.526. The zero-order chi connectivity index (χ0) is 28.1. The lowest BCUT2D eigenvalue weighted by Gasteiger charge is -2.24. The molecule has 0 radical (unpaired) electrons. The van der Waals surface area contributed by atoms with Gasteiger partial charge in [-0.15, -0.1) is 0 Å². The minimum absolute atomic E-state index is 0.0897. The molecule has 9 N–H and O–H groups in total. The van der Waals surface area contributed by atoms with Crippen molar-refractivity contribution in [2.45, 2.75) is 70.1 Å². The summed E-state index contributed by atoms with van der Waals surface area (Å²) in [5.74, 6) is -4.93. The molecule has 1 aromatic carbocycles. The molecule has 0 spiro atoms. The Labute approximate surface area is 216 Å². The van der Waals surface area contributed by atoms with Crippen molar-refractivity contribution < 1.29 is 28.8 Å². The first-order valence-electron chi connectivity index (χ1n) is 12.1. The number of carbonyl (C=O) groups excluding carboxylic acids is 6. The van der Waals surface area contributed by atoms with Crippen LogP contribution >= 0.6 is 0 Å². The molecule has 0 aliphatic rings. The molecule has 4 amide bonds. The molecule has 0 saturated carbocycles. The highest BCUT2D eigenvalue weighted by atomic mass is 16.2. The summed E-state index contributed by atoms with van der Waals surface area (Å²) < 4.78 is 0. The van der Waals surface area contributed by atoms with Gasteiger partial charge in [0.05, 0.1) is 18.5 Å². The van der Waals surface area contributed by atoms with Crippen LogP contribution in [0.3, 0.4) is 0 Å². The maximum Gasteiger partial charge on any atom is 0.243 e. The van der Waals surface area contributed by atoms with Crippen molar-refractivity contribution in [3.8, 4) is 0 Å². The third kappa shape index (κ3) is 11.3. The highest BCUT2D eigenvalue weighted by Gasteiger charge is 2.34. The monoisotopic (exact) mass is 518 g/mol. The number of benzene rings is 1. The number of carbonyl (C=O) groups is 6. The first-order chi connectivity index (χ1) is 17.3. The average molecular weight is 519 g/mol. The SMILES string of the molecule is CN[C@@H](CC(C)C)C(=O)C(=O)[C@H](CC(N)=O)NC(=O)[C@H](CCC(N)=O)NC(=O)[C@@H](N)Cc1ccccc1. The molecule has 1 rings (SSSR count). The number of nitrogens with one attached hydrogen (secondary N) is 3. The third-order valence-corrected chi connectivity index (χ3v) is 5.60. The van der Waals surface area contributed by atoms with E-state index in [1.54, 1.807) is 24.3 Å². The Hall–Kier alpha value is -3.64. The zero-order valence-electron chi connectivity index (χ0n) is 21.5. The quantitative estimate of drug-likeness (QED) is 0.132. The fourth-order valence-electron chi connectivity index (χ4n) is 3.65. The van der Waals surface area contributed by atoms with Crippen molar-refractivity contribution in [2.75, 3.05) is 7.05 Å². The van der Waals surface area contributed by atoms with Gasteiger partial charge in [0.15, 0.2) is 0 Å². The topological polar surface area (TPSA) is 217 Å². The number of nitrogens with two attached hydrogens (primary N) is 3. The number of Topliss-reactive ketones (excluding diaryl/α,β-unsaturated/α-hetero) is 2. The minimum Gasteiger partial charge on any atom is -0.370 e. The van der Waals surface area contributed by atoms with Gasteiger partial charge in [0.25, 0.3) is 0 Å². The first-order valence-corrected chi connectivity index (χ1v) is 12.1. The normalized spacial score (nSPS) is 14.2. The number of likely N-dealkylation sites (N-methyl/N-ethyl adjacent to an activating group) is 1. The largest absolute Gasteiger partial charge is 0.370 e. The van der Waals surface area contributed by atoms with Crippen LogP contribution in [0, 0.1) is 5.92 Å². The van der Waals surface area contributed by atoms with Gasteiger partial charge >= 0.3 is 0 Å². The van der Waals surface area contributed by atoms with E-state index >= 15 is 0 Å². The van der Waals surface area contributed by atoms with Crippen LogP contribution < -0.4 is 33.2 Å². The Morgan fingerprint density at radius 1 is 0.811 bits per heavy atom. The Morgan fingerprint density at radius 3 is 1.89 bits per heavy atom. The number of ketones is 2. The van der Waals surface area contributed by atoms with Gasteiger partial charge in [-0.05, 0) is 37.8 Å². The zero-order valence-corrected chi connectivity index (χ0v) is 21.5. The lowest BCUT2D eigenvalue weighted by Crippen LogP contribution is -2.57. The summed E-state index contributed by atoms with van der Waals surface area (Å²) in [5.41, 5.74) is 17.2. The van der Waals surface area contributed by atoms with Gasteiger partial charge in [-0.25, -0.2) is 0 Å². The summed E-state index contributed by atoms with van der Waals surface area (Å²) >= 11 is 0.